The summed E-state index contributed by atoms with van der Waals surface area (Å²) in [5.41, 5.74) is 1.14. The highest BCUT2D eigenvalue weighted by Crippen LogP contribution is 2.25. The maximum Gasteiger partial charge on any atom is 0.108 e. The van der Waals surface area contributed by atoms with E-state index in [1.807, 2.05) is 11.3 Å². The first-order valence-corrected chi connectivity index (χ1v) is 7.92. The van der Waals surface area contributed by atoms with E-state index in [1.54, 1.807) is 0 Å². The zero-order valence-electron chi connectivity index (χ0n) is 9.60. The second kappa shape index (κ2) is 5.04. The molecule has 0 radical (unpaired) electrons. The van der Waals surface area contributed by atoms with Gasteiger partial charge in [0.05, 0.1) is 16.8 Å². The van der Waals surface area contributed by atoms with Gasteiger partial charge in [0.15, 0.2) is 0 Å². The van der Waals surface area contributed by atoms with E-state index in [2.05, 4.69) is 45.1 Å². The average Bonchev–Trinajstić information content (AvgIpc) is 2.94. The quantitative estimate of drug-likeness (QED) is 0.806. The van der Waals surface area contributed by atoms with E-state index in [-0.39, 0.29) is 0 Å². The molecule has 1 aromatic carbocycles. The maximum atomic E-state index is 4.69. The van der Waals surface area contributed by atoms with Crippen LogP contribution in [-0.2, 0) is 6.54 Å². The van der Waals surface area contributed by atoms with Crippen molar-refractivity contribution in [3.8, 4) is 0 Å². The average molecular weight is 311 g/mol. The van der Waals surface area contributed by atoms with Gasteiger partial charge in [0.2, 0.25) is 0 Å². The van der Waals surface area contributed by atoms with Gasteiger partial charge in [-0.25, -0.2) is 4.98 Å². The number of thiazole rings is 1. The molecule has 1 aliphatic rings. The predicted molar refractivity (Wildman–Crippen MR) is 76.8 cm³/mol. The van der Waals surface area contributed by atoms with Crippen molar-refractivity contribution in [2.75, 3.05) is 18.4 Å². The molecule has 2 heterocycles. The Labute approximate surface area is 114 Å². The molecule has 1 atom stereocenters. The summed E-state index contributed by atoms with van der Waals surface area (Å²) >= 11 is 5.41. The molecule has 2 aromatic rings. The molecule has 1 fully saturated rings. The molecule has 0 spiro atoms. The van der Waals surface area contributed by atoms with E-state index in [0.29, 0.717) is 0 Å². The van der Waals surface area contributed by atoms with Crippen LogP contribution in [0.4, 0.5) is 0 Å². The van der Waals surface area contributed by atoms with Gasteiger partial charge in [-0.05, 0) is 31.0 Å². The number of halogens is 1. The summed E-state index contributed by atoms with van der Waals surface area (Å²) in [6.07, 6.45) is 1.32. The molecule has 0 bridgehead atoms. The molecular formula is C13H15BrN2S. The lowest BCUT2D eigenvalue weighted by Crippen LogP contribution is -2.20. The lowest BCUT2D eigenvalue weighted by Gasteiger charge is -2.12. The molecule has 0 saturated carbocycles. The Balaban J connectivity index is 1.73. The number of likely N-dealkylation sites (tertiary alicyclic amines) is 1. The van der Waals surface area contributed by atoms with Gasteiger partial charge in [-0.2, -0.15) is 0 Å². The fraction of sp³-hybridized carbons (Fsp3) is 0.462. The van der Waals surface area contributed by atoms with Crippen LogP contribution in [0.15, 0.2) is 24.3 Å². The fourth-order valence-corrected chi connectivity index (χ4v) is 3.90. The molecule has 90 valence electrons. The van der Waals surface area contributed by atoms with Crippen molar-refractivity contribution in [2.24, 2.45) is 5.92 Å². The Morgan fingerprint density at radius 3 is 3.06 bits per heavy atom. The Morgan fingerprint density at radius 1 is 1.41 bits per heavy atom. The molecule has 2 nitrogen and oxygen atoms in total. The number of nitrogens with zero attached hydrogens (tertiary/aromatic N) is 2. The number of hydrogen-bond donors (Lipinski definition) is 0. The highest BCUT2D eigenvalue weighted by molar-refractivity contribution is 9.09. The van der Waals surface area contributed by atoms with Crippen LogP contribution in [0.1, 0.15) is 11.4 Å². The van der Waals surface area contributed by atoms with Crippen LogP contribution >= 0.6 is 27.3 Å². The molecule has 4 heteroatoms. The SMILES string of the molecule is BrCC1CCN(Cc2nc3ccccc3s2)C1. The standard InChI is InChI=1S/C13H15BrN2S/c14-7-10-5-6-16(8-10)9-13-15-11-3-1-2-4-12(11)17-13/h1-4,10H,5-9H2. The van der Waals surface area contributed by atoms with E-state index in [1.165, 1.54) is 29.2 Å². The summed E-state index contributed by atoms with van der Waals surface area (Å²) in [5, 5.41) is 2.38. The van der Waals surface area contributed by atoms with Gasteiger partial charge in [-0.15, -0.1) is 11.3 Å². The Kier molecular flexibility index (Phi) is 3.45. The number of rotatable bonds is 3. The number of benzene rings is 1. The lowest BCUT2D eigenvalue weighted by atomic mass is 10.2. The number of para-hydroxylation sites is 1. The first kappa shape index (κ1) is 11.6. The molecule has 1 aromatic heterocycles. The van der Waals surface area contributed by atoms with Gasteiger partial charge in [-0.1, -0.05) is 28.1 Å². The van der Waals surface area contributed by atoms with Crippen molar-refractivity contribution in [3.63, 3.8) is 0 Å². The summed E-state index contributed by atoms with van der Waals surface area (Å²) in [4.78, 5) is 7.21. The number of alkyl halides is 1. The van der Waals surface area contributed by atoms with Crippen LogP contribution in [-0.4, -0.2) is 28.3 Å². The van der Waals surface area contributed by atoms with E-state index >= 15 is 0 Å². The van der Waals surface area contributed by atoms with Crippen LogP contribution in [0.25, 0.3) is 10.2 Å². The monoisotopic (exact) mass is 310 g/mol. The van der Waals surface area contributed by atoms with Crippen LogP contribution in [0, 0.1) is 5.92 Å². The van der Waals surface area contributed by atoms with Crippen molar-refractivity contribution in [2.45, 2.75) is 13.0 Å². The normalized spacial score (nSPS) is 21.4. The van der Waals surface area contributed by atoms with Crippen molar-refractivity contribution in [1.29, 1.82) is 0 Å². The van der Waals surface area contributed by atoms with Gasteiger partial charge >= 0.3 is 0 Å². The maximum absolute atomic E-state index is 4.69. The Bertz CT molecular complexity index is 478. The van der Waals surface area contributed by atoms with E-state index in [0.717, 1.165) is 23.3 Å². The lowest BCUT2D eigenvalue weighted by molar-refractivity contribution is 0.321. The predicted octanol–water partition coefficient (Wildman–Crippen LogP) is 3.51. The molecular weight excluding hydrogens is 296 g/mol. The zero-order chi connectivity index (χ0) is 11.7. The minimum atomic E-state index is 0.823. The van der Waals surface area contributed by atoms with Crippen LogP contribution < -0.4 is 0 Å². The van der Waals surface area contributed by atoms with E-state index in [9.17, 15) is 0 Å². The minimum absolute atomic E-state index is 0.823. The van der Waals surface area contributed by atoms with Gasteiger partial charge in [0, 0.05) is 11.9 Å². The molecule has 0 amide bonds. The van der Waals surface area contributed by atoms with Crippen LogP contribution in [0.3, 0.4) is 0 Å². The highest BCUT2D eigenvalue weighted by atomic mass is 79.9. The largest absolute Gasteiger partial charge is 0.296 e. The zero-order valence-corrected chi connectivity index (χ0v) is 12.0. The van der Waals surface area contributed by atoms with Crippen molar-refractivity contribution in [1.82, 2.24) is 9.88 Å². The Hall–Kier alpha value is -0.450. The number of fused-ring (bicyclic) bond motifs is 1. The molecule has 0 N–H and O–H groups in total. The van der Waals surface area contributed by atoms with Crippen molar-refractivity contribution in [3.05, 3.63) is 29.3 Å². The van der Waals surface area contributed by atoms with Gasteiger partial charge in [0.25, 0.3) is 0 Å². The third-order valence-corrected chi connectivity index (χ3v) is 5.22. The molecule has 17 heavy (non-hydrogen) atoms. The van der Waals surface area contributed by atoms with Crippen molar-refractivity contribution >= 4 is 37.5 Å². The topological polar surface area (TPSA) is 16.1 Å². The van der Waals surface area contributed by atoms with E-state index < -0.39 is 0 Å². The molecule has 1 aliphatic heterocycles. The van der Waals surface area contributed by atoms with Gasteiger partial charge < -0.3 is 0 Å². The smallest absolute Gasteiger partial charge is 0.108 e. The van der Waals surface area contributed by atoms with E-state index in [4.69, 9.17) is 4.98 Å². The van der Waals surface area contributed by atoms with Crippen LogP contribution in [0.2, 0.25) is 0 Å². The Morgan fingerprint density at radius 2 is 2.29 bits per heavy atom. The van der Waals surface area contributed by atoms with Crippen molar-refractivity contribution < 1.29 is 0 Å². The van der Waals surface area contributed by atoms with Gasteiger partial charge in [0.1, 0.15) is 5.01 Å². The third-order valence-electron chi connectivity index (χ3n) is 3.29. The molecule has 3 rings (SSSR count). The summed E-state index contributed by atoms with van der Waals surface area (Å²) in [6, 6.07) is 8.39. The summed E-state index contributed by atoms with van der Waals surface area (Å²) in [7, 11) is 0. The number of hydrogen-bond acceptors (Lipinski definition) is 3. The second-order valence-corrected chi connectivity index (χ2v) is 6.38. The third kappa shape index (κ3) is 2.54. The molecule has 1 saturated heterocycles. The minimum Gasteiger partial charge on any atom is -0.296 e. The fourth-order valence-electron chi connectivity index (χ4n) is 2.36. The summed E-state index contributed by atoms with van der Waals surface area (Å²) in [5.74, 6) is 0.823. The summed E-state index contributed by atoms with van der Waals surface area (Å²) in [6.45, 7) is 3.44. The van der Waals surface area contributed by atoms with Gasteiger partial charge in [-0.3, -0.25) is 4.90 Å². The number of aromatic nitrogens is 1. The summed E-state index contributed by atoms with van der Waals surface area (Å²) < 4.78 is 1.30. The molecule has 1 unspecified atom stereocenters. The highest BCUT2D eigenvalue weighted by Gasteiger charge is 2.22. The molecule has 0 aliphatic carbocycles. The first-order valence-electron chi connectivity index (χ1n) is 5.98. The van der Waals surface area contributed by atoms with Crippen LogP contribution in [0.5, 0.6) is 0 Å². The first-order chi connectivity index (χ1) is 8.35. The second-order valence-electron chi connectivity index (χ2n) is 4.62.